The fourth-order valence-electron chi connectivity index (χ4n) is 2.11. The zero-order valence-corrected chi connectivity index (χ0v) is 14.4. The van der Waals surface area contributed by atoms with Crippen LogP contribution in [0.1, 0.15) is 11.1 Å². The summed E-state index contributed by atoms with van der Waals surface area (Å²) in [6.07, 6.45) is 0. The molecule has 0 saturated heterocycles. The third-order valence-electron chi connectivity index (χ3n) is 3.27. The highest BCUT2D eigenvalue weighted by Gasteiger charge is 2.14. The van der Waals surface area contributed by atoms with Gasteiger partial charge in [-0.2, -0.15) is 0 Å². The average Bonchev–Trinajstić information content (AvgIpc) is 2.56. The number of hydrogen-bond acceptors (Lipinski definition) is 5. The van der Waals surface area contributed by atoms with Gasteiger partial charge in [0.05, 0.1) is 12.0 Å². The van der Waals surface area contributed by atoms with Crippen molar-refractivity contribution in [2.45, 2.75) is 13.2 Å². The molecule has 0 unspecified atom stereocenters. The molecule has 0 heterocycles. The lowest BCUT2D eigenvalue weighted by Crippen LogP contribution is -2.09. The van der Waals surface area contributed by atoms with Gasteiger partial charge in [-0.25, -0.2) is 0 Å². The van der Waals surface area contributed by atoms with Crippen molar-refractivity contribution in [2.75, 3.05) is 14.2 Å². The number of hydrogen-bond donors (Lipinski definition) is 1. The molecule has 0 atom stereocenters. The summed E-state index contributed by atoms with van der Waals surface area (Å²) in [6.45, 7) is 0.912. The molecule has 2 aromatic carbocycles. The van der Waals surface area contributed by atoms with E-state index in [9.17, 15) is 10.1 Å². The molecule has 0 spiro atoms. The van der Waals surface area contributed by atoms with Crippen molar-refractivity contribution in [3.63, 3.8) is 0 Å². The van der Waals surface area contributed by atoms with Crippen LogP contribution in [0.5, 0.6) is 11.5 Å². The molecule has 0 aromatic heterocycles. The van der Waals surface area contributed by atoms with Gasteiger partial charge in [-0.05, 0) is 36.9 Å². The van der Waals surface area contributed by atoms with Crippen LogP contribution < -0.4 is 14.8 Å². The van der Waals surface area contributed by atoms with Crippen LogP contribution in [-0.4, -0.2) is 19.1 Å². The Morgan fingerprint density at radius 1 is 1.22 bits per heavy atom. The minimum Gasteiger partial charge on any atom is -0.493 e. The van der Waals surface area contributed by atoms with Crippen LogP contribution in [0.4, 0.5) is 5.69 Å². The Kier molecular flexibility index (Phi) is 5.95. The number of nitrogens with one attached hydrogen (secondary N) is 1. The van der Waals surface area contributed by atoms with Crippen molar-refractivity contribution in [3.8, 4) is 11.5 Å². The summed E-state index contributed by atoms with van der Waals surface area (Å²) in [5.74, 6) is 1.29. The van der Waals surface area contributed by atoms with Crippen LogP contribution in [-0.2, 0) is 13.2 Å². The molecule has 0 aliphatic rings. The number of methoxy groups -OCH3 is 1. The van der Waals surface area contributed by atoms with Gasteiger partial charge in [0, 0.05) is 28.7 Å². The Morgan fingerprint density at radius 2 is 1.91 bits per heavy atom. The fourth-order valence-corrected chi connectivity index (χ4v) is 2.56. The molecule has 0 aliphatic carbocycles. The minimum atomic E-state index is -0.424. The van der Waals surface area contributed by atoms with Crippen molar-refractivity contribution in [1.82, 2.24) is 5.32 Å². The van der Waals surface area contributed by atoms with E-state index >= 15 is 0 Å². The van der Waals surface area contributed by atoms with Gasteiger partial charge in [0.1, 0.15) is 6.61 Å². The van der Waals surface area contributed by atoms with E-state index in [-0.39, 0.29) is 5.69 Å². The highest BCUT2D eigenvalue weighted by molar-refractivity contribution is 9.10. The molecule has 23 heavy (non-hydrogen) atoms. The largest absolute Gasteiger partial charge is 0.493 e. The van der Waals surface area contributed by atoms with Gasteiger partial charge >= 0.3 is 0 Å². The molecule has 2 aromatic rings. The first-order chi connectivity index (χ1) is 11.1. The smallest absolute Gasteiger partial charge is 0.269 e. The summed E-state index contributed by atoms with van der Waals surface area (Å²) in [5, 5.41) is 13.8. The number of rotatable bonds is 7. The van der Waals surface area contributed by atoms with Crippen LogP contribution in [0.15, 0.2) is 40.9 Å². The first-order valence-corrected chi connectivity index (χ1v) is 7.72. The van der Waals surface area contributed by atoms with Gasteiger partial charge in [-0.1, -0.05) is 15.9 Å². The molecule has 7 heteroatoms. The maximum atomic E-state index is 10.7. The van der Waals surface area contributed by atoms with Crippen LogP contribution in [0.2, 0.25) is 0 Å². The Balaban J connectivity index is 2.21. The zero-order valence-electron chi connectivity index (χ0n) is 12.8. The van der Waals surface area contributed by atoms with Crippen LogP contribution in [0, 0.1) is 10.1 Å². The number of nitro benzene ring substituents is 1. The molecule has 0 bridgehead atoms. The monoisotopic (exact) mass is 380 g/mol. The van der Waals surface area contributed by atoms with E-state index < -0.39 is 4.92 Å². The van der Waals surface area contributed by atoms with E-state index in [1.807, 2.05) is 19.2 Å². The third kappa shape index (κ3) is 4.20. The third-order valence-corrected chi connectivity index (χ3v) is 4.01. The van der Waals surface area contributed by atoms with Crippen LogP contribution in [0.3, 0.4) is 0 Å². The number of nitrogens with zero attached hydrogens (tertiary/aromatic N) is 1. The van der Waals surface area contributed by atoms with Gasteiger partial charge in [0.15, 0.2) is 11.5 Å². The highest BCUT2D eigenvalue weighted by Crippen LogP contribution is 2.36. The molecule has 0 radical (unpaired) electrons. The van der Waals surface area contributed by atoms with E-state index in [1.165, 1.54) is 12.1 Å². The Labute approximate surface area is 142 Å². The van der Waals surface area contributed by atoms with Crippen molar-refractivity contribution < 1.29 is 14.4 Å². The number of halogens is 1. The fraction of sp³-hybridized carbons (Fsp3) is 0.250. The van der Waals surface area contributed by atoms with E-state index in [4.69, 9.17) is 9.47 Å². The van der Waals surface area contributed by atoms with Crippen LogP contribution in [0.25, 0.3) is 0 Å². The van der Waals surface area contributed by atoms with E-state index in [0.29, 0.717) is 24.7 Å². The second-order valence-electron chi connectivity index (χ2n) is 4.80. The molecular formula is C16H17BrN2O4. The van der Waals surface area contributed by atoms with Crippen LogP contribution >= 0.6 is 15.9 Å². The lowest BCUT2D eigenvalue weighted by Gasteiger charge is -2.16. The Hall–Kier alpha value is -2.12. The molecule has 0 saturated carbocycles. The SMILES string of the molecule is CNCc1c(Br)ccc(OC)c1OCc1ccc([N+](=O)[O-])cc1. The molecule has 0 aliphatic heterocycles. The van der Waals surface area contributed by atoms with E-state index in [0.717, 1.165) is 15.6 Å². The summed E-state index contributed by atoms with van der Waals surface area (Å²) in [5.41, 5.74) is 1.85. The normalized spacial score (nSPS) is 10.4. The number of nitro groups is 1. The van der Waals surface area contributed by atoms with Gasteiger partial charge in [0.25, 0.3) is 5.69 Å². The first-order valence-electron chi connectivity index (χ1n) is 6.93. The lowest BCUT2D eigenvalue weighted by molar-refractivity contribution is -0.384. The second kappa shape index (κ2) is 7.94. The maximum Gasteiger partial charge on any atom is 0.269 e. The maximum absolute atomic E-state index is 10.7. The number of ether oxygens (including phenoxy) is 2. The molecule has 0 fully saturated rings. The van der Waals surface area contributed by atoms with E-state index in [2.05, 4.69) is 21.2 Å². The quantitative estimate of drug-likeness (QED) is 0.585. The Bertz CT molecular complexity index is 689. The topological polar surface area (TPSA) is 73.6 Å². The molecule has 0 amide bonds. The van der Waals surface area contributed by atoms with Gasteiger partial charge in [-0.3, -0.25) is 10.1 Å². The average molecular weight is 381 g/mol. The molecule has 122 valence electrons. The molecule has 2 rings (SSSR count). The standard InChI is InChI=1S/C16H17BrN2O4/c1-18-9-13-14(17)7-8-15(22-2)16(13)23-10-11-3-5-12(6-4-11)19(20)21/h3-8,18H,9-10H2,1-2H3. The van der Waals surface area contributed by atoms with Crippen molar-refractivity contribution in [1.29, 1.82) is 0 Å². The van der Waals surface area contributed by atoms with Crippen molar-refractivity contribution in [2.24, 2.45) is 0 Å². The predicted molar refractivity (Wildman–Crippen MR) is 90.9 cm³/mol. The van der Waals surface area contributed by atoms with E-state index in [1.54, 1.807) is 19.2 Å². The van der Waals surface area contributed by atoms with Gasteiger partial charge < -0.3 is 14.8 Å². The number of benzene rings is 2. The highest BCUT2D eigenvalue weighted by atomic mass is 79.9. The van der Waals surface area contributed by atoms with Crippen molar-refractivity contribution >= 4 is 21.6 Å². The van der Waals surface area contributed by atoms with Crippen molar-refractivity contribution in [3.05, 3.63) is 62.1 Å². The summed E-state index contributed by atoms with van der Waals surface area (Å²) in [6, 6.07) is 10.0. The lowest BCUT2D eigenvalue weighted by atomic mass is 10.1. The minimum absolute atomic E-state index is 0.0599. The molecule has 1 N–H and O–H groups in total. The Morgan fingerprint density at radius 3 is 2.48 bits per heavy atom. The van der Waals surface area contributed by atoms with Gasteiger partial charge in [-0.15, -0.1) is 0 Å². The summed E-state index contributed by atoms with van der Waals surface area (Å²) in [4.78, 5) is 10.3. The summed E-state index contributed by atoms with van der Waals surface area (Å²) < 4.78 is 12.2. The number of non-ortho nitro benzene ring substituents is 1. The second-order valence-corrected chi connectivity index (χ2v) is 5.65. The predicted octanol–water partition coefficient (Wildman–Crippen LogP) is 3.66. The molecular weight excluding hydrogens is 364 g/mol. The summed E-state index contributed by atoms with van der Waals surface area (Å²) >= 11 is 3.51. The zero-order chi connectivity index (χ0) is 16.8. The first kappa shape index (κ1) is 17.2. The summed E-state index contributed by atoms with van der Waals surface area (Å²) in [7, 11) is 3.44. The van der Waals surface area contributed by atoms with Gasteiger partial charge in [0.2, 0.25) is 0 Å². The molecule has 6 nitrogen and oxygen atoms in total.